The van der Waals surface area contributed by atoms with Crippen LogP contribution in [0.25, 0.3) is 101 Å². The van der Waals surface area contributed by atoms with Crippen LogP contribution in [0.4, 0.5) is 0 Å². The summed E-state index contributed by atoms with van der Waals surface area (Å²) in [4.78, 5) is 15.1. The molecule has 0 bridgehead atoms. The van der Waals surface area contributed by atoms with Gasteiger partial charge in [0.15, 0.2) is 17.5 Å². The molecular weight excluding hydrogens is 651 g/mol. The van der Waals surface area contributed by atoms with Crippen LogP contribution in [0, 0.1) is 6.92 Å². The summed E-state index contributed by atoms with van der Waals surface area (Å²) in [7, 11) is 0. The van der Waals surface area contributed by atoms with Gasteiger partial charge in [0.2, 0.25) is 0 Å². The number of hydrogen-bond donors (Lipinski definition) is 0. The van der Waals surface area contributed by atoms with Crippen molar-refractivity contribution >= 4 is 66.6 Å². The van der Waals surface area contributed by atoms with Crippen molar-refractivity contribution in [3.8, 4) is 34.2 Å². The van der Waals surface area contributed by atoms with Gasteiger partial charge in [0.05, 0.1) is 0 Å². The summed E-state index contributed by atoms with van der Waals surface area (Å²) in [6, 6.07) is 49.8. The van der Waals surface area contributed by atoms with Crippen molar-refractivity contribution in [3.63, 3.8) is 0 Å². The second-order valence-corrected chi connectivity index (χ2v) is 13.3. The van der Waals surface area contributed by atoms with Crippen LogP contribution in [-0.4, -0.2) is 15.0 Å². The monoisotopic (exact) mass is 681 g/mol. The van der Waals surface area contributed by atoms with Gasteiger partial charge in [-0.15, -0.1) is 0 Å². The molecule has 10 aromatic rings. The van der Waals surface area contributed by atoms with E-state index >= 15 is 0 Å². The summed E-state index contributed by atoms with van der Waals surface area (Å²) in [5.41, 5.74) is 7.39. The normalized spacial score (nSPS) is 12.1. The van der Waals surface area contributed by atoms with Crippen LogP contribution in [0.15, 0.2) is 167 Å². The molecule has 0 aliphatic carbocycles. The number of aromatic nitrogens is 3. The lowest BCUT2D eigenvalue weighted by Gasteiger charge is -2.10. The second kappa shape index (κ2) is 12.6. The molecule has 0 radical (unpaired) electrons. The van der Waals surface area contributed by atoms with Gasteiger partial charge in [-0.25, -0.2) is 15.0 Å². The molecule has 0 unspecified atom stereocenters. The van der Waals surface area contributed by atoms with Gasteiger partial charge in [0, 0.05) is 38.4 Å². The molecule has 0 aliphatic rings. The molecule has 0 spiro atoms. The predicted octanol–water partition coefficient (Wildman–Crippen LogP) is 12.9. The molecule has 53 heavy (non-hydrogen) atoms. The maximum atomic E-state index is 6.45. The van der Waals surface area contributed by atoms with Gasteiger partial charge in [-0.05, 0) is 76.5 Å². The zero-order valence-electron chi connectivity index (χ0n) is 28.8. The number of aryl methyl sites for hydroxylation is 1. The molecule has 10 rings (SSSR count). The van der Waals surface area contributed by atoms with E-state index in [0.717, 1.165) is 71.9 Å². The molecule has 5 heteroatoms. The van der Waals surface area contributed by atoms with Gasteiger partial charge in [0.1, 0.15) is 22.5 Å². The van der Waals surface area contributed by atoms with Crippen molar-refractivity contribution in [2.24, 2.45) is 0 Å². The quantitative estimate of drug-likeness (QED) is 0.163. The van der Waals surface area contributed by atoms with Crippen molar-refractivity contribution in [1.29, 1.82) is 0 Å². The van der Waals surface area contributed by atoms with E-state index in [1.165, 1.54) is 16.2 Å². The van der Waals surface area contributed by atoms with Gasteiger partial charge in [-0.1, -0.05) is 127 Å². The summed E-state index contributed by atoms with van der Waals surface area (Å²) in [5.74, 6) is 2.70. The van der Waals surface area contributed by atoms with Crippen LogP contribution >= 0.6 is 0 Å². The predicted molar refractivity (Wildman–Crippen MR) is 217 cm³/mol. The van der Waals surface area contributed by atoms with Crippen molar-refractivity contribution in [1.82, 2.24) is 15.0 Å². The third-order valence-corrected chi connectivity index (χ3v) is 9.93. The Balaban J connectivity index is 1.01. The van der Waals surface area contributed by atoms with Crippen LogP contribution in [0.3, 0.4) is 0 Å². The van der Waals surface area contributed by atoms with E-state index in [0.29, 0.717) is 17.5 Å². The van der Waals surface area contributed by atoms with E-state index in [9.17, 15) is 0 Å². The molecule has 250 valence electrons. The van der Waals surface area contributed by atoms with E-state index in [4.69, 9.17) is 23.8 Å². The summed E-state index contributed by atoms with van der Waals surface area (Å²) in [5, 5.41) is 7.80. The van der Waals surface area contributed by atoms with E-state index in [-0.39, 0.29) is 0 Å². The van der Waals surface area contributed by atoms with Crippen LogP contribution in [0.2, 0.25) is 0 Å². The first kappa shape index (κ1) is 30.7. The Morgan fingerprint density at radius 3 is 1.96 bits per heavy atom. The highest BCUT2D eigenvalue weighted by molar-refractivity contribution is 6.12. The minimum atomic E-state index is 0.596. The van der Waals surface area contributed by atoms with Gasteiger partial charge < -0.3 is 8.83 Å². The number of furan rings is 2. The van der Waals surface area contributed by atoms with E-state index < -0.39 is 0 Å². The lowest BCUT2D eigenvalue weighted by atomic mass is 10.0. The minimum absolute atomic E-state index is 0.596. The van der Waals surface area contributed by atoms with E-state index in [1.54, 1.807) is 0 Å². The molecule has 0 N–H and O–H groups in total. The fourth-order valence-corrected chi connectivity index (χ4v) is 7.20. The van der Waals surface area contributed by atoms with Gasteiger partial charge >= 0.3 is 0 Å². The second-order valence-electron chi connectivity index (χ2n) is 13.3. The van der Waals surface area contributed by atoms with Crippen LogP contribution < -0.4 is 0 Å². The lowest BCUT2D eigenvalue weighted by molar-refractivity contribution is 0.601. The van der Waals surface area contributed by atoms with Crippen molar-refractivity contribution in [2.45, 2.75) is 6.92 Å². The molecule has 0 atom stereocenters. The SMILES string of the molecule is Cc1c(/C=C\C=C\c2ccc3c(c2)oc2cccc(-c4nc(-c5ccccc5)nc(-c5ccc6ccccc6c5)n4)c23)oc2cc3ccccc3cc12. The fraction of sp³-hybridized carbons (Fsp3) is 0.0208. The van der Waals surface area contributed by atoms with Crippen molar-refractivity contribution < 1.29 is 8.83 Å². The zero-order chi connectivity index (χ0) is 35.3. The number of hydrogen-bond acceptors (Lipinski definition) is 5. The van der Waals surface area contributed by atoms with Crippen LogP contribution in [0.1, 0.15) is 16.9 Å². The molecule has 5 nitrogen and oxygen atoms in total. The Kier molecular flexibility index (Phi) is 7.29. The lowest BCUT2D eigenvalue weighted by Crippen LogP contribution is -2.00. The highest BCUT2D eigenvalue weighted by atomic mass is 16.3. The number of rotatable bonds is 6. The number of fused-ring (bicyclic) bond motifs is 6. The maximum Gasteiger partial charge on any atom is 0.164 e. The maximum absolute atomic E-state index is 6.45. The Morgan fingerprint density at radius 2 is 1.13 bits per heavy atom. The number of allylic oxidation sites excluding steroid dienone is 2. The average Bonchev–Trinajstić information content (AvgIpc) is 3.74. The molecule has 3 heterocycles. The number of benzene rings is 7. The first-order valence-electron chi connectivity index (χ1n) is 17.7. The highest BCUT2D eigenvalue weighted by Crippen LogP contribution is 2.37. The third kappa shape index (κ3) is 5.56. The molecule has 3 aromatic heterocycles. The van der Waals surface area contributed by atoms with Gasteiger partial charge in [-0.2, -0.15) is 0 Å². The highest BCUT2D eigenvalue weighted by Gasteiger charge is 2.18. The van der Waals surface area contributed by atoms with Crippen molar-refractivity contribution in [2.75, 3.05) is 0 Å². The first-order chi connectivity index (χ1) is 26.1. The molecular formula is C48H31N3O2. The van der Waals surface area contributed by atoms with Crippen molar-refractivity contribution in [3.05, 3.63) is 175 Å². The standard InChI is InChI=1S/C48H31N3O2/c1-30-40-28-35-17-8-9-18-36(35)29-44(40)52-41(30)20-10-5-12-31-22-25-38-43(26-31)53-42-21-11-19-39(45(38)42)48-50-46(33-14-3-2-4-15-33)49-47(51-48)37-24-23-32-13-6-7-16-34(32)27-37/h2-29H,1H3/b12-5+,20-10-. The summed E-state index contributed by atoms with van der Waals surface area (Å²) in [6.45, 7) is 2.11. The topological polar surface area (TPSA) is 65.0 Å². The smallest absolute Gasteiger partial charge is 0.164 e. The summed E-state index contributed by atoms with van der Waals surface area (Å²) < 4.78 is 12.7. The fourth-order valence-electron chi connectivity index (χ4n) is 7.20. The minimum Gasteiger partial charge on any atom is -0.456 e. The molecule has 0 aliphatic heterocycles. The molecule has 7 aromatic carbocycles. The third-order valence-electron chi connectivity index (χ3n) is 9.93. The largest absolute Gasteiger partial charge is 0.456 e. The van der Waals surface area contributed by atoms with Gasteiger partial charge in [-0.3, -0.25) is 0 Å². The van der Waals surface area contributed by atoms with E-state index in [2.05, 4.69) is 110 Å². The molecule has 0 amide bonds. The molecule has 0 fully saturated rings. The Morgan fingerprint density at radius 1 is 0.453 bits per heavy atom. The van der Waals surface area contributed by atoms with Crippen LogP contribution in [0.5, 0.6) is 0 Å². The Labute approximate surface area is 305 Å². The molecule has 0 saturated carbocycles. The zero-order valence-corrected chi connectivity index (χ0v) is 28.8. The Hall–Kier alpha value is -7.11. The van der Waals surface area contributed by atoms with Crippen LogP contribution in [-0.2, 0) is 0 Å². The first-order valence-corrected chi connectivity index (χ1v) is 17.7. The summed E-state index contributed by atoms with van der Waals surface area (Å²) >= 11 is 0. The summed E-state index contributed by atoms with van der Waals surface area (Å²) in [6.07, 6.45) is 8.14. The van der Waals surface area contributed by atoms with E-state index in [1.807, 2.05) is 66.8 Å². The molecule has 0 saturated heterocycles. The Bertz CT molecular complexity index is 3080. The average molecular weight is 682 g/mol. The number of nitrogens with zero attached hydrogens (tertiary/aromatic N) is 3. The van der Waals surface area contributed by atoms with Gasteiger partial charge in [0.25, 0.3) is 0 Å².